The molecular formula is C18H21FN2O2. The number of nitrogens with one attached hydrogen (secondary N) is 1. The summed E-state index contributed by atoms with van der Waals surface area (Å²) in [6, 6.07) is 14.1. The molecule has 0 bridgehead atoms. The van der Waals surface area contributed by atoms with Gasteiger partial charge in [-0.15, -0.1) is 0 Å². The molecule has 0 fully saturated rings. The van der Waals surface area contributed by atoms with E-state index in [0.29, 0.717) is 6.54 Å². The van der Waals surface area contributed by atoms with E-state index in [1.165, 1.54) is 19.2 Å². The first kappa shape index (κ1) is 17.0. The minimum Gasteiger partial charge on any atom is -0.494 e. The van der Waals surface area contributed by atoms with E-state index in [0.717, 1.165) is 5.56 Å². The van der Waals surface area contributed by atoms with Crippen molar-refractivity contribution in [2.24, 2.45) is 0 Å². The second-order valence-corrected chi connectivity index (χ2v) is 5.45. The number of hydrogen-bond donors (Lipinski definition) is 1. The van der Waals surface area contributed by atoms with Crippen LogP contribution in [0.2, 0.25) is 0 Å². The number of ether oxygens (including phenoxy) is 1. The normalized spacial score (nSPS) is 12.0. The summed E-state index contributed by atoms with van der Waals surface area (Å²) < 4.78 is 18.5. The monoisotopic (exact) mass is 316 g/mol. The first-order valence-corrected chi connectivity index (χ1v) is 7.36. The molecule has 0 aliphatic rings. The molecular weight excluding hydrogens is 295 g/mol. The van der Waals surface area contributed by atoms with E-state index < -0.39 is 5.82 Å². The minimum absolute atomic E-state index is 0.0447. The van der Waals surface area contributed by atoms with Crippen LogP contribution in [0, 0.1) is 5.82 Å². The van der Waals surface area contributed by atoms with Gasteiger partial charge >= 0.3 is 0 Å². The number of hydrogen-bond acceptors (Lipinski definition) is 3. The van der Waals surface area contributed by atoms with Crippen LogP contribution in [0.15, 0.2) is 48.5 Å². The Kier molecular flexibility index (Phi) is 5.71. The van der Waals surface area contributed by atoms with Crippen LogP contribution < -0.4 is 10.1 Å². The molecule has 1 atom stereocenters. The summed E-state index contributed by atoms with van der Waals surface area (Å²) in [6.07, 6.45) is 0. The van der Waals surface area contributed by atoms with Gasteiger partial charge in [0.2, 0.25) is 0 Å². The molecule has 1 N–H and O–H groups in total. The summed E-state index contributed by atoms with van der Waals surface area (Å²) in [7, 11) is 5.30. The average Bonchev–Trinajstić information content (AvgIpc) is 2.55. The molecule has 4 nitrogen and oxygen atoms in total. The number of nitrogens with zero attached hydrogens (tertiary/aromatic N) is 1. The third kappa shape index (κ3) is 4.29. The van der Waals surface area contributed by atoms with Crippen LogP contribution in [0.1, 0.15) is 22.0 Å². The smallest absolute Gasteiger partial charge is 0.251 e. The molecule has 1 unspecified atom stereocenters. The number of methoxy groups -OCH3 is 1. The van der Waals surface area contributed by atoms with Crippen molar-refractivity contribution in [3.8, 4) is 5.75 Å². The lowest BCUT2D eigenvalue weighted by atomic mass is 10.1. The predicted octanol–water partition coefficient (Wildman–Crippen LogP) is 2.87. The number of halogens is 1. The minimum atomic E-state index is -0.549. The predicted molar refractivity (Wildman–Crippen MR) is 88.2 cm³/mol. The quantitative estimate of drug-likeness (QED) is 0.891. The molecule has 0 spiro atoms. The molecule has 0 heterocycles. The maximum atomic E-state index is 13.7. The second kappa shape index (κ2) is 7.74. The van der Waals surface area contributed by atoms with E-state index in [1.54, 1.807) is 6.07 Å². The Balaban J connectivity index is 2.06. The van der Waals surface area contributed by atoms with Gasteiger partial charge in [0.25, 0.3) is 5.91 Å². The van der Waals surface area contributed by atoms with Crippen molar-refractivity contribution in [2.45, 2.75) is 6.04 Å². The van der Waals surface area contributed by atoms with E-state index in [2.05, 4.69) is 5.32 Å². The van der Waals surface area contributed by atoms with Crippen molar-refractivity contribution < 1.29 is 13.9 Å². The fourth-order valence-electron chi connectivity index (χ4n) is 2.37. The van der Waals surface area contributed by atoms with Gasteiger partial charge in [-0.25, -0.2) is 4.39 Å². The zero-order chi connectivity index (χ0) is 16.8. The fraction of sp³-hybridized carbons (Fsp3) is 0.278. The summed E-state index contributed by atoms with van der Waals surface area (Å²) in [4.78, 5) is 14.2. The molecule has 2 rings (SSSR count). The summed E-state index contributed by atoms with van der Waals surface area (Å²) in [5, 5.41) is 2.86. The number of rotatable bonds is 6. The van der Waals surface area contributed by atoms with E-state index in [-0.39, 0.29) is 23.3 Å². The molecule has 23 heavy (non-hydrogen) atoms. The van der Waals surface area contributed by atoms with Crippen molar-refractivity contribution in [1.82, 2.24) is 10.2 Å². The highest BCUT2D eigenvalue weighted by atomic mass is 19.1. The van der Waals surface area contributed by atoms with Crippen molar-refractivity contribution >= 4 is 5.91 Å². The number of benzene rings is 2. The first-order chi connectivity index (χ1) is 11.0. The van der Waals surface area contributed by atoms with Crippen LogP contribution in [0.3, 0.4) is 0 Å². The molecule has 0 aliphatic heterocycles. The molecule has 0 saturated heterocycles. The largest absolute Gasteiger partial charge is 0.494 e. The second-order valence-electron chi connectivity index (χ2n) is 5.45. The Morgan fingerprint density at radius 1 is 1.22 bits per heavy atom. The lowest BCUT2D eigenvalue weighted by Gasteiger charge is -2.25. The molecule has 1 amide bonds. The number of likely N-dealkylation sites (N-methyl/N-ethyl adjacent to an activating group) is 1. The number of amides is 1. The fourth-order valence-corrected chi connectivity index (χ4v) is 2.37. The zero-order valence-electron chi connectivity index (χ0n) is 13.5. The van der Waals surface area contributed by atoms with Crippen LogP contribution in [-0.2, 0) is 0 Å². The van der Waals surface area contributed by atoms with Crippen molar-refractivity contribution in [1.29, 1.82) is 0 Å². The van der Waals surface area contributed by atoms with Crippen molar-refractivity contribution in [3.05, 3.63) is 65.5 Å². The average molecular weight is 316 g/mol. The maximum absolute atomic E-state index is 13.7. The Morgan fingerprint density at radius 2 is 1.91 bits per heavy atom. The third-order valence-corrected chi connectivity index (χ3v) is 3.68. The van der Waals surface area contributed by atoms with Gasteiger partial charge in [-0.2, -0.15) is 0 Å². The number of carbonyl (C=O) groups is 1. The highest BCUT2D eigenvalue weighted by Crippen LogP contribution is 2.19. The lowest BCUT2D eigenvalue weighted by molar-refractivity contribution is 0.0941. The van der Waals surface area contributed by atoms with Crippen molar-refractivity contribution in [2.75, 3.05) is 27.7 Å². The highest BCUT2D eigenvalue weighted by molar-refractivity contribution is 5.94. The van der Waals surface area contributed by atoms with E-state index in [9.17, 15) is 9.18 Å². The topological polar surface area (TPSA) is 41.6 Å². The molecule has 2 aromatic rings. The summed E-state index contributed by atoms with van der Waals surface area (Å²) in [5.74, 6) is -0.737. The zero-order valence-corrected chi connectivity index (χ0v) is 13.5. The molecule has 2 aromatic carbocycles. The SMILES string of the molecule is COc1ccc(C(=O)NCC(c2ccccc2)N(C)C)cc1F. The summed E-state index contributed by atoms with van der Waals surface area (Å²) in [6.45, 7) is 0.434. The summed E-state index contributed by atoms with van der Waals surface area (Å²) >= 11 is 0. The van der Waals surface area contributed by atoms with Gasteiger partial charge < -0.3 is 15.0 Å². The first-order valence-electron chi connectivity index (χ1n) is 7.36. The standard InChI is InChI=1S/C18H21FN2O2/c1-21(2)16(13-7-5-4-6-8-13)12-20-18(22)14-9-10-17(23-3)15(19)11-14/h4-11,16H,12H2,1-3H3,(H,20,22). The third-order valence-electron chi connectivity index (χ3n) is 3.68. The Hall–Kier alpha value is -2.40. The van der Waals surface area contributed by atoms with Crippen LogP contribution in [0.25, 0.3) is 0 Å². The lowest BCUT2D eigenvalue weighted by Crippen LogP contribution is -2.34. The Labute approximate surface area is 135 Å². The van der Waals surface area contributed by atoms with Crippen molar-refractivity contribution in [3.63, 3.8) is 0 Å². The molecule has 0 saturated carbocycles. The van der Waals surface area contributed by atoms with E-state index >= 15 is 0 Å². The van der Waals surface area contributed by atoms with Crippen LogP contribution in [-0.4, -0.2) is 38.6 Å². The van der Waals surface area contributed by atoms with Gasteiger partial charge in [0.05, 0.1) is 13.2 Å². The Morgan fingerprint density at radius 3 is 2.48 bits per heavy atom. The van der Waals surface area contributed by atoms with E-state index in [4.69, 9.17) is 4.74 Å². The van der Waals surface area contributed by atoms with Gasteiger partial charge in [0.1, 0.15) is 0 Å². The van der Waals surface area contributed by atoms with Gasteiger partial charge in [0.15, 0.2) is 11.6 Å². The van der Waals surface area contributed by atoms with Crippen LogP contribution in [0.5, 0.6) is 5.75 Å². The molecule has 5 heteroatoms. The molecule has 0 aromatic heterocycles. The van der Waals surface area contributed by atoms with Gasteiger partial charge in [0, 0.05) is 12.1 Å². The van der Waals surface area contributed by atoms with Gasteiger partial charge in [-0.05, 0) is 37.9 Å². The molecule has 0 radical (unpaired) electrons. The maximum Gasteiger partial charge on any atom is 0.251 e. The summed E-state index contributed by atoms with van der Waals surface area (Å²) in [5.41, 5.74) is 1.38. The molecule has 0 aliphatic carbocycles. The highest BCUT2D eigenvalue weighted by Gasteiger charge is 2.16. The number of carbonyl (C=O) groups excluding carboxylic acids is 1. The van der Waals surface area contributed by atoms with Crippen LogP contribution >= 0.6 is 0 Å². The van der Waals surface area contributed by atoms with Crippen LogP contribution in [0.4, 0.5) is 4.39 Å². The Bertz CT molecular complexity index is 659. The van der Waals surface area contributed by atoms with E-state index in [1.807, 2.05) is 49.3 Å². The van der Waals surface area contributed by atoms with Gasteiger partial charge in [-0.3, -0.25) is 4.79 Å². The molecule has 122 valence electrons. The van der Waals surface area contributed by atoms with Gasteiger partial charge in [-0.1, -0.05) is 30.3 Å².